The molecule has 0 amide bonds. The van der Waals surface area contributed by atoms with Crippen molar-refractivity contribution in [1.82, 2.24) is 9.97 Å². The number of nitrogens with zero attached hydrogens (tertiary/aromatic N) is 2. The minimum atomic E-state index is -1.04. The summed E-state index contributed by atoms with van der Waals surface area (Å²) in [6.45, 7) is 5.64. The summed E-state index contributed by atoms with van der Waals surface area (Å²) in [7, 11) is 0. The van der Waals surface area contributed by atoms with Gasteiger partial charge in [-0.25, -0.2) is 9.78 Å². The number of anilines is 5. The summed E-state index contributed by atoms with van der Waals surface area (Å²) in [6, 6.07) is 7.76. The predicted molar refractivity (Wildman–Crippen MR) is 107 cm³/mol. The van der Waals surface area contributed by atoms with Crippen molar-refractivity contribution in [3.8, 4) is 0 Å². The SMILES string of the molecule is CC(C)(C)Nc1c(Nc2ccnc(Nc3cccc(C(=O)O)c3)n2)c(=O)c1=O. The van der Waals surface area contributed by atoms with E-state index in [0.29, 0.717) is 11.5 Å². The van der Waals surface area contributed by atoms with E-state index in [2.05, 4.69) is 25.9 Å². The van der Waals surface area contributed by atoms with E-state index in [1.165, 1.54) is 18.3 Å². The second kappa shape index (κ2) is 7.10. The maximum absolute atomic E-state index is 11.9. The van der Waals surface area contributed by atoms with Gasteiger partial charge in [-0.1, -0.05) is 6.07 Å². The number of aromatic nitrogens is 2. The third kappa shape index (κ3) is 4.14. The number of benzene rings is 1. The fourth-order valence-corrected chi connectivity index (χ4v) is 2.48. The first-order valence-electron chi connectivity index (χ1n) is 8.46. The minimum absolute atomic E-state index is 0.126. The van der Waals surface area contributed by atoms with E-state index < -0.39 is 16.8 Å². The topological polar surface area (TPSA) is 133 Å². The Kier molecular flexibility index (Phi) is 4.83. The summed E-state index contributed by atoms with van der Waals surface area (Å²) in [5.41, 5.74) is -0.574. The molecule has 9 heteroatoms. The van der Waals surface area contributed by atoms with Crippen LogP contribution in [0.4, 0.5) is 28.8 Å². The van der Waals surface area contributed by atoms with Crippen LogP contribution in [0.15, 0.2) is 46.1 Å². The van der Waals surface area contributed by atoms with E-state index in [0.717, 1.165) is 0 Å². The molecule has 0 spiro atoms. The van der Waals surface area contributed by atoms with Gasteiger partial charge in [-0.05, 0) is 45.0 Å². The van der Waals surface area contributed by atoms with E-state index >= 15 is 0 Å². The molecule has 0 aliphatic heterocycles. The summed E-state index contributed by atoms with van der Waals surface area (Å²) in [6.07, 6.45) is 1.47. The maximum atomic E-state index is 11.9. The van der Waals surface area contributed by atoms with E-state index in [-0.39, 0.29) is 28.4 Å². The van der Waals surface area contributed by atoms with Gasteiger partial charge in [-0.3, -0.25) is 9.59 Å². The Labute approximate surface area is 160 Å². The molecule has 2 aromatic carbocycles. The maximum Gasteiger partial charge on any atom is 0.335 e. The van der Waals surface area contributed by atoms with Gasteiger partial charge in [0.2, 0.25) is 5.95 Å². The molecular formula is C19H19N5O4. The predicted octanol–water partition coefficient (Wildman–Crippen LogP) is 2.47. The molecular weight excluding hydrogens is 362 g/mol. The van der Waals surface area contributed by atoms with Gasteiger partial charge in [0.05, 0.1) is 5.56 Å². The molecule has 0 radical (unpaired) electrons. The number of hydrogen-bond acceptors (Lipinski definition) is 8. The van der Waals surface area contributed by atoms with Crippen LogP contribution in [-0.2, 0) is 0 Å². The van der Waals surface area contributed by atoms with Crippen LogP contribution in [0, 0.1) is 0 Å². The molecule has 0 fully saturated rings. The second-order valence-corrected chi connectivity index (χ2v) is 7.18. The summed E-state index contributed by atoms with van der Waals surface area (Å²) < 4.78 is 0. The summed E-state index contributed by atoms with van der Waals surface area (Å²) in [4.78, 5) is 43.1. The molecule has 0 unspecified atom stereocenters. The highest BCUT2D eigenvalue weighted by molar-refractivity contribution is 5.89. The number of aromatic carboxylic acids is 1. The molecule has 1 aromatic heterocycles. The third-order valence-electron chi connectivity index (χ3n) is 3.68. The molecule has 0 aliphatic rings. The molecule has 1 heterocycles. The molecule has 0 aliphatic carbocycles. The largest absolute Gasteiger partial charge is 0.478 e. The van der Waals surface area contributed by atoms with Gasteiger partial charge in [0.1, 0.15) is 17.2 Å². The summed E-state index contributed by atoms with van der Waals surface area (Å²) in [5.74, 6) is -0.522. The molecule has 28 heavy (non-hydrogen) atoms. The third-order valence-corrected chi connectivity index (χ3v) is 3.68. The van der Waals surface area contributed by atoms with Crippen molar-refractivity contribution in [2.75, 3.05) is 16.0 Å². The Morgan fingerprint density at radius 3 is 2.43 bits per heavy atom. The van der Waals surface area contributed by atoms with E-state index in [9.17, 15) is 14.4 Å². The average molecular weight is 381 g/mol. The summed E-state index contributed by atoms with van der Waals surface area (Å²) in [5, 5.41) is 17.8. The normalized spacial score (nSPS) is 11.2. The molecule has 0 saturated heterocycles. The number of carboxylic acids is 1. The lowest BCUT2D eigenvalue weighted by Crippen LogP contribution is -2.41. The first-order valence-corrected chi connectivity index (χ1v) is 8.46. The van der Waals surface area contributed by atoms with Gasteiger partial charge >= 0.3 is 5.97 Å². The van der Waals surface area contributed by atoms with Gasteiger partial charge in [-0.15, -0.1) is 0 Å². The highest BCUT2D eigenvalue weighted by atomic mass is 16.4. The number of rotatable bonds is 6. The Hall–Kier alpha value is -3.75. The van der Waals surface area contributed by atoms with Crippen molar-refractivity contribution in [2.45, 2.75) is 26.3 Å². The summed E-state index contributed by atoms with van der Waals surface area (Å²) >= 11 is 0. The molecule has 0 atom stereocenters. The monoisotopic (exact) mass is 381 g/mol. The first-order chi connectivity index (χ1) is 13.1. The van der Waals surface area contributed by atoms with Crippen LogP contribution in [0.1, 0.15) is 31.1 Å². The van der Waals surface area contributed by atoms with Gasteiger partial charge in [0.25, 0.3) is 10.9 Å². The van der Waals surface area contributed by atoms with E-state index in [1.807, 2.05) is 20.8 Å². The lowest BCUT2D eigenvalue weighted by atomic mass is 10.1. The molecule has 144 valence electrons. The van der Waals surface area contributed by atoms with Crippen LogP contribution in [0.3, 0.4) is 0 Å². The molecule has 4 N–H and O–H groups in total. The second-order valence-electron chi connectivity index (χ2n) is 7.18. The Morgan fingerprint density at radius 2 is 1.75 bits per heavy atom. The Balaban J connectivity index is 1.81. The zero-order valence-corrected chi connectivity index (χ0v) is 15.5. The Bertz CT molecular complexity index is 1110. The Morgan fingerprint density at radius 1 is 1.04 bits per heavy atom. The van der Waals surface area contributed by atoms with Gasteiger partial charge < -0.3 is 21.1 Å². The number of nitrogens with one attached hydrogen (secondary N) is 3. The molecule has 0 bridgehead atoms. The smallest absolute Gasteiger partial charge is 0.335 e. The fraction of sp³-hybridized carbons (Fsp3) is 0.211. The van der Waals surface area contributed by atoms with Crippen molar-refractivity contribution in [3.05, 3.63) is 62.5 Å². The van der Waals surface area contributed by atoms with Crippen LogP contribution in [-0.4, -0.2) is 26.6 Å². The van der Waals surface area contributed by atoms with E-state index in [1.54, 1.807) is 18.2 Å². The van der Waals surface area contributed by atoms with Crippen molar-refractivity contribution < 1.29 is 9.90 Å². The zero-order valence-electron chi connectivity index (χ0n) is 15.5. The van der Waals surface area contributed by atoms with Crippen LogP contribution >= 0.6 is 0 Å². The van der Waals surface area contributed by atoms with E-state index in [4.69, 9.17) is 5.11 Å². The zero-order chi connectivity index (χ0) is 20.5. The highest BCUT2D eigenvalue weighted by Gasteiger charge is 2.25. The van der Waals surface area contributed by atoms with Crippen molar-refractivity contribution >= 4 is 34.8 Å². The first kappa shape index (κ1) is 19.0. The number of carbonyl (C=O) groups is 1. The molecule has 9 nitrogen and oxygen atoms in total. The number of hydrogen-bond donors (Lipinski definition) is 4. The van der Waals surface area contributed by atoms with Crippen LogP contribution < -0.4 is 26.8 Å². The van der Waals surface area contributed by atoms with Crippen LogP contribution in [0.2, 0.25) is 0 Å². The van der Waals surface area contributed by atoms with Crippen molar-refractivity contribution in [3.63, 3.8) is 0 Å². The van der Waals surface area contributed by atoms with Crippen molar-refractivity contribution in [1.29, 1.82) is 0 Å². The molecule has 3 rings (SSSR count). The van der Waals surface area contributed by atoms with Crippen molar-refractivity contribution in [2.24, 2.45) is 0 Å². The fourth-order valence-electron chi connectivity index (χ4n) is 2.48. The minimum Gasteiger partial charge on any atom is -0.478 e. The van der Waals surface area contributed by atoms with Crippen LogP contribution in [0.5, 0.6) is 0 Å². The van der Waals surface area contributed by atoms with Gasteiger partial charge in [-0.2, -0.15) is 4.98 Å². The lowest BCUT2D eigenvalue weighted by Gasteiger charge is -2.24. The number of carboxylic acid groups (broad SMARTS) is 1. The molecule has 0 saturated carbocycles. The average Bonchev–Trinajstić information content (AvgIpc) is 2.64. The quantitative estimate of drug-likeness (QED) is 0.475. The van der Waals surface area contributed by atoms with Gasteiger partial charge in [0, 0.05) is 17.4 Å². The highest BCUT2D eigenvalue weighted by Crippen LogP contribution is 2.23. The molecule has 3 aromatic rings. The standard InChI is InChI=1S/C19H19N5O4/c1-19(2,3)24-14-13(15(25)16(14)26)22-12-7-8-20-18(23-12)21-11-6-4-5-10(9-11)17(27)28/h4-9,24H,1-3H3,(H,27,28)(H2,20,21,22,23). The lowest BCUT2D eigenvalue weighted by molar-refractivity contribution is 0.0697. The van der Waals surface area contributed by atoms with Gasteiger partial charge in [0.15, 0.2) is 0 Å². The van der Waals surface area contributed by atoms with Crippen LogP contribution in [0.25, 0.3) is 0 Å².